The van der Waals surface area contributed by atoms with Crippen LogP contribution in [0.3, 0.4) is 0 Å². The highest BCUT2D eigenvalue weighted by atomic mass is 32.2. The minimum absolute atomic E-state index is 0.0654. The molecule has 111 heavy (non-hydrogen) atoms. The van der Waals surface area contributed by atoms with Crippen molar-refractivity contribution < 1.29 is 103 Å². The molecule has 606 valence electrons. The SMILES string of the molecule is CSCCC(NC(=O)C(CC(C)C)NC(=O)C(Cc1cnc[nH]1)NC(=O)CNC(=O)C(NC(=O)C(C)NC(=O)C(Cc1c[nH]c2ccccc12)NC(=O)C(CCC(N)=O)NC(=O)c1ccc(NC(=O)CNC(=O)CCC2(N(CC(=O)O)CC(=O)O)CN(CC(=O)O)C3CCCCC3N(CC(=O)O)C2)cc1)C(C)C)C([NH3+])=O. The Labute approximate surface area is 643 Å². The normalized spacial score (nSPS) is 17.7. The number of aromatic amines is 2. The average Bonchev–Trinajstić information content (AvgIpc) is 1.64. The number of aliphatic carboxylic acids is 4. The van der Waals surface area contributed by atoms with Crippen molar-refractivity contribution in [1.82, 2.24) is 77.5 Å². The number of hydrogen-bond donors (Lipinski definition) is 18. The number of carboxylic acid groups (broad SMARTS) is 4. The van der Waals surface area contributed by atoms with Gasteiger partial charge >= 0.3 is 29.8 Å². The molecule has 9 atom stereocenters. The summed E-state index contributed by atoms with van der Waals surface area (Å²) in [5.41, 5.74) is 9.07. The number of nitrogens with zero attached hydrogens (tertiary/aromatic N) is 4. The number of amides is 12. The van der Waals surface area contributed by atoms with Crippen molar-refractivity contribution in [3.63, 3.8) is 0 Å². The molecule has 0 radical (unpaired) electrons. The molecule has 2 aromatic heterocycles. The highest BCUT2D eigenvalue weighted by Gasteiger charge is 2.50. The molecule has 6 rings (SSSR count). The molecule has 0 spiro atoms. The number of aromatic nitrogens is 3. The summed E-state index contributed by atoms with van der Waals surface area (Å²) in [6.45, 7) is 3.58. The molecule has 2 aromatic carbocycles. The first-order valence-corrected chi connectivity index (χ1v) is 37.8. The Hall–Kier alpha value is -10.9. The number of benzene rings is 2. The molecule has 9 unspecified atom stereocenters. The summed E-state index contributed by atoms with van der Waals surface area (Å²) < 4.78 is 0. The predicted molar refractivity (Wildman–Crippen MR) is 401 cm³/mol. The van der Waals surface area contributed by atoms with Gasteiger partial charge in [0.1, 0.15) is 42.3 Å². The lowest BCUT2D eigenvalue weighted by Crippen LogP contribution is -2.67. The van der Waals surface area contributed by atoms with Gasteiger partial charge in [-0.25, -0.2) is 9.78 Å². The second-order valence-corrected chi connectivity index (χ2v) is 29.5. The number of quaternary nitrogens is 1. The van der Waals surface area contributed by atoms with Gasteiger partial charge in [-0.1, -0.05) is 58.7 Å². The summed E-state index contributed by atoms with van der Waals surface area (Å²) in [6, 6.07) is 2.17. The third-order valence-corrected chi connectivity index (χ3v) is 19.7. The molecule has 1 saturated heterocycles. The van der Waals surface area contributed by atoms with Crippen LogP contribution in [0, 0.1) is 11.8 Å². The number of thioether (sulfide) groups is 1. The number of nitrogens with one attached hydrogen (secondary N) is 12. The van der Waals surface area contributed by atoms with E-state index in [-0.39, 0.29) is 62.4 Å². The van der Waals surface area contributed by atoms with Gasteiger partial charge in [-0.15, -0.1) is 0 Å². The van der Waals surface area contributed by atoms with Gasteiger partial charge in [-0.3, -0.25) is 92.4 Å². The van der Waals surface area contributed by atoms with E-state index in [1.807, 2.05) is 20.1 Å². The molecule has 1 aliphatic carbocycles. The molecular formula is C72H103N18O20S+. The average molecular weight is 1570 g/mol. The van der Waals surface area contributed by atoms with Crippen molar-refractivity contribution in [3.05, 3.63) is 84.1 Å². The Morgan fingerprint density at radius 1 is 0.622 bits per heavy atom. The first-order chi connectivity index (χ1) is 52.5. The highest BCUT2D eigenvalue weighted by molar-refractivity contribution is 7.98. The maximum Gasteiger partial charge on any atom is 0.331 e. The van der Waals surface area contributed by atoms with Crippen molar-refractivity contribution in [3.8, 4) is 0 Å². The largest absolute Gasteiger partial charge is 0.480 e. The van der Waals surface area contributed by atoms with Crippen LogP contribution in [0.5, 0.6) is 0 Å². The maximum absolute atomic E-state index is 14.5. The second kappa shape index (κ2) is 42.9. The van der Waals surface area contributed by atoms with Crippen LogP contribution in [0.15, 0.2) is 67.3 Å². The molecule has 1 saturated carbocycles. The van der Waals surface area contributed by atoms with E-state index in [0.717, 1.165) is 4.90 Å². The van der Waals surface area contributed by atoms with Crippen LogP contribution in [-0.2, 0) is 84.8 Å². The molecule has 12 amide bonds. The van der Waals surface area contributed by atoms with Crippen molar-refractivity contribution in [1.29, 1.82) is 0 Å². The van der Waals surface area contributed by atoms with E-state index in [9.17, 15) is 97.1 Å². The minimum Gasteiger partial charge on any atom is -0.480 e. The van der Waals surface area contributed by atoms with E-state index in [0.29, 0.717) is 60.0 Å². The summed E-state index contributed by atoms with van der Waals surface area (Å²) in [5.74, 6) is -15.0. The fraction of sp³-hybridized carbons (Fsp3) is 0.542. The van der Waals surface area contributed by atoms with Crippen LogP contribution in [-0.4, -0.2) is 269 Å². The summed E-state index contributed by atoms with van der Waals surface area (Å²) in [4.78, 5) is 227. The minimum atomic E-state index is -1.61. The number of carbonyl (C=O) groups excluding carboxylic acids is 12. The molecule has 2 aliphatic rings. The van der Waals surface area contributed by atoms with Crippen LogP contribution < -0.4 is 64.6 Å². The number of rotatable bonds is 45. The van der Waals surface area contributed by atoms with Gasteiger partial charge in [-0.05, 0) is 105 Å². The number of anilines is 1. The molecule has 38 nitrogen and oxygen atoms in total. The summed E-state index contributed by atoms with van der Waals surface area (Å²) in [5, 5.41) is 66.6. The standard InChI is InChI=1S/C72H102N18O20S/c1-39(2)25-50(69(108)83-48(64(74)103)22-24-111-6)85-70(109)52(27-45-29-75-38-79-45)82-58(94)31-78-71(110)63(40(3)4)87-65(104)41(5)80-68(107)51(26-43-28-76-47-12-8-7-11-46(43)47)86-67(106)49(19-20-55(73)91)84-66(105)42-15-17-44(18-16-42)81-57(93)30-77-56(92)21-23-72(90(34-61(99)100)35-62(101)102)36-88(32-59(95)96)53-13-9-10-14-54(53)89(37-72)33-60(97)98/h7-8,11-12,15-18,28-29,38-41,48-54,63,76H,9-10,13-14,19-27,30-37H2,1-6H3,(H2,73,91)(H2,74,103)(H,75,79)(H,77,92)(H,78,110)(H,80,107)(H,81,93)(H,82,94)(H,83,108)(H,84,105)(H,85,109)(H,86,106)(H,87,104)(H,95,96)(H,97,98)(H,99,100)(H,101,102)/p+1. The number of primary amides is 1. The van der Waals surface area contributed by atoms with Gasteiger partial charge in [0.2, 0.25) is 59.1 Å². The first kappa shape index (κ1) is 89.0. The molecule has 3 heterocycles. The lowest BCUT2D eigenvalue weighted by atomic mass is 9.88. The van der Waals surface area contributed by atoms with Crippen molar-refractivity contribution in [2.75, 3.05) is 69.7 Å². The lowest BCUT2D eigenvalue weighted by Gasteiger charge is -2.45. The Morgan fingerprint density at radius 3 is 1.77 bits per heavy atom. The third-order valence-electron chi connectivity index (χ3n) is 19.1. The Bertz CT molecular complexity index is 3920. The molecule has 2 fully saturated rings. The van der Waals surface area contributed by atoms with E-state index in [1.165, 1.54) is 55.5 Å². The lowest BCUT2D eigenvalue weighted by molar-refractivity contribution is -0.308. The number of hydrogen-bond acceptors (Lipinski definition) is 21. The maximum atomic E-state index is 14.5. The van der Waals surface area contributed by atoms with Gasteiger partial charge in [-0.2, -0.15) is 11.8 Å². The monoisotopic (exact) mass is 1570 g/mol. The summed E-state index contributed by atoms with van der Waals surface area (Å²) >= 11 is 1.47. The third kappa shape index (κ3) is 28.2. The number of carbonyl (C=O) groups is 16. The van der Waals surface area contributed by atoms with Crippen molar-refractivity contribution in [2.24, 2.45) is 17.6 Å². The van der Waals surface area contributed by atoms with Crippen LogP contribution in [0.25, 0.3) is 10.9 Å². The Kier molecular flexibility index (Phi) is 34.4. The van der Waals surface area contributed by atoms with Gasteiger partial charge < -0.3 is 89.3 Å². The molecule has 1 aliphatic heterocycles. The van der Waals surface area contributed by atoms with Crippen LogP contribution >= 0.6 is 11.8 Å². The van der Waals surface area contributed by atoms with Crippen LogP contribution in [0.2, 0.25) is 0 Å². The zero-order valence-electron chi connectivity index (χ0n) is 62.9. The number of fused-ring (bicyclic) bond motifs is 2. The van der Waals surface area contributed by atoms with Crippen LogP contribution in [0.4, 0.5) is 5.69 Å². The quantitative estimate of drug-likeness (QED) is 0.0212. The van der Waals surface area contributed by atoms with Crippen LogP contribution in [0.1, 0.15) is 120 Å². The Morgan fingerprint density at radius 2 is 1.20 bits per heavy atom. The fourth-order valence-corrected chi connectivity index (χ4v) is 14.0. The molecule has 4 aromatic rings. The summed E-state index contributed by atoms with van der Waals surface area (Å²) in [7, 11) is 0. The summed E-state index contributed by atoms with van der Waals surface area (Å²) in [6.07, 6.45) is 7.18. The zero-order valence-corrected chi connectivity index (χ0v) is 63.7. The topological polar surface area (TPSA) is 582 Å². The second-order valence-electron chi connectivity index (χ2n) is 28.5. The van der Waals surface area contributed by atoms with Gasteiger partial charge in [0.15, 0.2) is 0 Å². The number of nitrogens with two attached hydrogens (primary N) is 1. The zero-order chi connectivity index (χ0) is 81.8. The Balaban J connectivity index is 1.10. The van der Waals surface area contributed by atoms with E-state index in [1.54, 1.807) is 54.1 Å². The number of H-pyrrole nitrogens is 2. The van der Waals surface area contributed by atoms with Gasteiger partial charge in [0.25, 0.3) is 5.91 Å². The fourth-order valence-electron chi connectivity index (χ4n) is 13.6. The van der Waals surface area contributed by atoms with Gasteiger partial charge in [0.05, 0.1) is 45.6 Å². The predicted octanol–water partition coefficient (Wildman–Crippen LogP) is -2.85. The van der Waals surface area contributed by atoms with E-state index >= 15 is 0 Å². The molecule has 21 N–H and O–H groups in total. The highest BCUT2D eigenvalue weighted by Crippen LogP contribution is 2.37. The number of para-hydroxylation sites is 1. The van der Waals surface area contributed by atoms with E-state index < -0.39 is 213 Å². The van der Waals surface area contributed by atoms with E-state index in [4.69, 9.17) is 5.73 Å². The van der Waals surface area contributed by atoms with E-state index in [2.05, 4.69) is 73.9 Å². The smallest absolute Gasteiger partial charge is 0.331 e. The molecule has 0 bridgehead atoms. The first-order valence-electron chi connectivity index (χ1n) is 36.4. The van der Waals surface area contributed by atoms with Crippen molar-refractivity contribution in [2.45, 2.75) is 172 Å². The van der Waals surface area contributed by atoms with Gasteiger partial charge in [0, 0.05) is 96.6 Å². The number of imidazole rings is 1. The molecule has 39 heteroatoms. The number of carboxylic acids is 4. The van der Waals surface area contributed by atoms with Crippen molar-refractivity contribution >= 4 is 123 Å². The molecular weight excluding hydrogens is 1470 g/mol.